The Balaban J connectivity index is 2.72. The maximum atomic E-state index is 11.8. The van der Waals surface area contributed by atoms with Gasteiger partial charge in [0.1, 0.15) is 5.25 Å². The minimum absolute atomic E-state index is 0.124. The monoisotopic (exact) mass is 245 g/mol. The van der Waals surface area contributed by atoms with E-state index in [4.69, 9.17) is 11.6 Å². The summed E-state index contributed by atoms with van der Waals surface area (Å²) in [5, 5.41) is 1.84. The highest BCUT2D eigenvalue weighted by atomic mass is 35.5. The summed E-state index contributed by atoms with van der Waals surface area (Å²) < 4.78 is 23.6. The first-order valence-electron chi connectivity index (χ1n) is 4.27. The van der Waals surface area contributed by atoms with Crippen molar-refractivity contribution in [2.45, 2.75) is 17.1 Å². The molecule has 0 saturated carbocycles. The molecule has 0 saturated heterocycles. The highest BCUT2D eigenvalue weighted by molar-refractivity contribution is 7.93. The van der Waals surface area contributed by atoms with Crippen LogP contribution in [-0.4, -0.2) is 19.6 Å². The maximum absolute atomic E-state index is 11.8. The molecule has 80 valence electrons. The van der Waals surface area contributed by atoms with Gasteiger partial charge in [-0.1, -0.05) is 11.6 Å². The molecule has 1 N–H and O–H groups in total. The molecule has 1 aromatic carbocycles. The first-order valence-corrected chi connectivity index (χ1v) is 6.19. The number of carbonyl (C=O) groups is 1. The molecular weight excluding hydrogens is 238 g/mol. The van der Waals surface area contributed by atoms with Gasteiger partial charge in [-0.25, -0.2) is 8.42 Å². The number of benzene rings is 1. The third-order valence-corrected chi connectivity index (χ3v) is 4.69. The molecule has 0 fully saturated rings. The Labute approximate surface area is 92.2 Å². The van der Waals surface area contributed by atoms with Crippen molar-refractivity contribution in [1.29, 1.82) is 0 Å². The number of hydrogen-bond acceptors (Lipinski definition) is 3. The van der Waals surface area contributed by atoms with E-state index in [1.807, 2.05) is 0 Å². The number of rotatable bonds is 0. The van der Waals surface area contributed by atoms with Crippen molar-refractivity contribution in [3.8, 4) is 0 Å². The number of anilines is 1. The van der Waals surface area contributed by atoms with Crippen LogP contribution < -0.4 is 5.32 Å². The van der Waals surface area contributed by atoms with Crippen LogP contribution in [0.2, 0.25) is 5.02 Å². The molecule has 0 spiro atoms. The van der Waals surface area contributed by atoms with Crippen LogP contribution >= 0.6 is 11.6 Å². The molecule has 1 heterocycles. The maximum Gasteiger partial charge on any atom is 0.242 e. The Morgan fingerprint density at radius 3 is 2.73 bits per heavy atom. The Hall–Kier alpha value is -1.07. The standard InChI is InChI=1S/C9H8ClNO3S/c1-5-9(12)11-7-4-6(10)2-3-8(7)15(5,13)14/h2-5H,1H3,(H,11,12). The van der Waals surface area contributed by atoms with Gasteiger partial charge < -0.3 is 5.32 Å². The average molecular weight is 246 g/mol. The number of sulfone groups is 1. The summed E-state index contributed by atoms with van der Waals surface area (Å²) in [4.78, 5) is 11.5. The van der Waals surface area contributed by atoms with Gasteiger partial charge in [0.05, 0.1) is 10.6 Å². The number of carbonyl (C=O) groups excluding carboxylic acids is 1. The molecule has 1 aliphatic heterocycles. The van der Waals surface area contributed by atoms with Crippen molar-refractivity contribution >= 4 is 33.0 Å². The summed E-state index contributed by atoms with van der Waals surface area (Å²) in [5.74, 6) is -0.523. The predicted molar refractivity (Wildman–Crippen MR) is 56.7 cm³/mol. The van der Waals surface area contributed by atoms with Crippen LogP contribution in [0.3, 0.4) is 0 Å². The third-order valence-electron chi connectivity index (χ3n) is 2.34. The van der Waals surface area contributed by atoms with E-state index >= 15 is 0 Å². The molecule has 2 rings (SSSR count). The SMILES string of the molecule is CC1C(=O)Nc2cc(Cl)ccc2S1(=O)=O. The molecular formula is C9H8ClNO3S. The topological polar surface area (TPSA) is 63.2 Å². The minimum atomic E-state index is -3.56. The van der Waals surface area contributed by atoms with Crippen LogP contribution in [-0.2, 0) is 14.6 Å². The van der Waals surface area contributed by atoms with E-state index in [1.165, 1.54) is 25.1 Å². The van der Waals surface area contributed by atoms with E-state index in [-0.39, 0.29) is 10.6 Å². The van der Waals surface area contributed by atoms with Crippen LogP contribution in [0.4, 0.5) is 5.69 Å². The molecule has 0 bridgehead atoms. The van der Waals surface area contributed by atoms with Gasteiger partial charge in [-0.05, 0) is 25.1 Å². The highest BCUT2D eigenvalue weighted by Gasteiger charge is 2.36. The fourth-order valence-electron chi connectivity index (χ4n) is 1.41. The Morgan fingerprint density at radius 1 is 1.40 bits per heavy atom. The normalized spacial score (nSPS) is 23.1. The van der Waals surface area contributed by atoms with E-state index in [0.717, 1.165) is 0 Å². The lowest BCUT2D eigenvalue weighted by Crippen LogP contribution is -2.37. The van der Waals surface area contributed by atoms with Crippen molar-refractivity contribution in [2.75, 3.05) is 5.32 Å². The van der Waals surface area contributed by atoms with Crippen LogP contribution in [0.5, 0.6) is 0 Å². The number of halogens is 1. The highest BCUT2D eigenvalue weighted by Crippen LogP contribution is 2.32. The second kappa shape index (κ2) is 3.21. The average Bonchev–Trinajstić information content (AvgIpc) is 2.14. The van der Waals surface area contributed by atoms with E-state index in [0.29, 0.717) is 5.02 Å². The first-order chi connectivity index (χ1) is 6.93. The summed E-state index contributed by atoms with van der Waals surface area (Å²) in [6.45, 7) is 1.36. The van der Waals surface area contributed by atoms with Crippen LogP contribution in [0.1, 0.15) is 6.92 Å². The molecule has 6 heteroatoms. The molecule has 0 aliphatic carbocycles. The van der Waals surface area contributed by atoms with E-state index in [1.54, 1.807) is 0 Å². The quantitative estimate of drug-likeness (QED) is 0.753. The van der Waals surface area contributed by atoms with Gasteiger partial charge in [0.2, 0.25) is 5.91 Å². The number of fused-ring (bicyclic) bond motifs is 1. The fraction of sp³-hybridized carbons (Fsp3) is 0.222. The second-order valence-corrected chi connectivity index (χ2v) is 5.99. The number of hydrogen-bond donors (Lipinski definition) is 1. The van der Waals surface area contributed by atoms with E-state index in [2.05, 4.69) is 5.32 Å². The van der Waals surface area contributed by atoms with Crippen molar-refractivity contribution in [1.82, 2.24) is 0 Å². The molecule has 1 aliphatic rings. The summed E-state index contributed by atoms with van der Waals surface area (Å²) in [6, 6.07) is 4.32. The molecule has 15 heavy (non-hydrogen) atoms. The Kier molecular flexibility index (Phi) is 2.24. The van der Waals surface area contributed by atoms with Gasteiger partial charge in [-0.15, -0.1) is 0 Å². The zero-order valence-corrected chi connectivity index (χ0v) is 9.39. The lowest BCUT2D eigenvalue weighted by Gasteiger charge is -2.22. The molecule has 4 nitrogen and oxygen atoms in total. The zero-order chi connectivity index (χ0) is 11.2. The Morgan fingerprint density at radius 2 is 2.07 bits per heavy atom. The second-order valence-electron chi connectivity index (χ2n) is 3.32. The van der Waals surface area contributed by atoms with Gasteiger partial charge in [-0.2, -0.15) is 0 Å². The van der Waals surface area contributed by atoms with Crippen LogP contribution in [0.15, 0.2) is 23.1 Å². The van der Waals surface area contributed by atoms with Crippen LogP contribution in [0.25, 0.3) is 0 Å². The molecule has 1 atom stereocenters. The van der Waals surface area contributed by atoms with Crippen LogP contribution in [0, 0.1) is 0 Å². The van der Waals surface area contributed by atoms with E-state index in [9.17, 15) is 13.2 Å². The summed E-state index contributed by atoms with van der Waals surface area (Å²) in [5.41, 5.74) is 0.255. The minimum Gasteiger partial charge on any atom is -0.324 e. The van der Waals surface area contributed by atoms with Gasteiger partial charge in [0, 0.05) is 5.02 Å². The molecule has 0 aromatic heterocycles. The van der Waals surface area contributed by atoms with E-state index < -0.39 is 21.0 Å². The van der Waals surface area contributed by atoms with Crippen molar-refractivity contribution < 1.29 is 13.2 Å². The first kappa shape index (κ1) is 10.4. The Bertz CT molecular complexity index is 538. The third kappa shape index (κ3) is 1.52. The molecule has 1 unspecified atom stereocenters. The largest absolute Gasteiger partial charge is 0.324 e. The summed E-state index contributed by atoms with van der Waals surface area (Å²) in [7, 11) is -3.56. The van der Waals surface area contributed by atoms with Gasteiger partial charge >= 0.3 is 0 Å². The number of amides is 1. The number of nitrogens with one attached hydrogen (secondary N) is 1. The van der Waals surface area contributed by atoms with Gasteiger partial charge in [-0.3, -0.25) is 4.79 Å². The lowest BCUT2D eigenvalue weighted by molar-refractivity contribution is -0.115. The lowest BCUT2D eigenvalue weighted by atomic mass is 10.3. The smallest absolute Gasteiger partial charge is 0.242 e. The summed E-state index contributed by atoms with van der Waals surface area (Å²) in [6.07, 6.45) is 0. The van der Waals surface area contributed by atoms with Crippen molar-refractivity contribution in [2.24, 2.45) is 0 Å². The molecule has 0 radical (unpaired) electrons. The van der Waals surface area contributed by atoms with Crippen molar-refractivity contribution in [3.05, 3.63) is 23.2 Å². The van der Waals surface area contributed by atoms with Gasteiger partial charge in [0.25, 0.3) is 0 Å². The predicted octanol–water partition coefficient (Wildman–Crippen LogP) is 1.45. The summed E-state index contributed by atoms with van der Waals surface area (Å²) >= 11 is 5.71. The van der Waals surface area contributed by atoms with Gasteiger partial charge in [0.15, 0.2) is 9.84 Å². The zero-order valence-electron chi connectivity index (χ0n) is 7.82. The molecule has 1 amide bonds. The molecule has 1 aromatic rings. The fourth-order valence-corrected chi connectivity index (χ4v) is 2.98. The van der Waals surface area contributed by atoms with Crippen molar-refractivity contribution in [3.63, 3.8) is 0 Å².